The molecule has 5 heteroatoms. The summed E-state index contributed by atoms with van der Waals surface area (Å²) in [7, 11) is 1.82. The SMILES string of the molecule is CC(C)Cc1cc(NC(=O)c2cccnc2)n(C)n1. The highest BCUT2D eigenvalue weighted by Gasteiger charge is 2.11. The van der Waals surface area contributed by atoms with Crippen LogP contribution >= 0.6 is 0 Å². The second-order valence-corrected chi connectivity index (χ2v) is 4.94. The number of aromatic nitrogens is 3. The van der Waals surface area contributed by atoms with Gasteiger partial charge in [0.15, 0.2) is 0 Å². The first-order chi connectivity index (χ1) is 9.06. The average Bonchev–Trinajstić information content (AvgIpc) is 2.69. The van der Waals surface area contributed by atoms with Crippen LogP contribution in [0.25, 0.3) is 0 Å². The number of nitrogens with zero attached hydrogens (tertiary/aromatic N) is 3. The van der Waals surface area contributed by atoms with Gasteiger partial charge in [-0.1, -0.05) is 13.8 Å². The summed E-state index contributed by atoms with van der Waals surface area (Å²) in [6.07, 6.45) is 4.08. The van der Waals surface area contributed by atoms with Crippen molar-refractivity contribution in [2.75, 3.05) is 5.32 Å². The van der Waals surface area contributed by atoms with E-state index in [9.17, 15) is 4.79 Å². The van der Waals surface area contributed by atoms with E-state index in [0.29, 0.717) is 17.3 Å². The fraction of sp³-hybridized carbons (Fsp3) is 0.357. The third-order valence-electron chi connectivity index (χ3n) is 2.71. The molecule has 0 aliphatic carbocycles. The first-order valence-corrected chi connectivity index (χ1v) is 6.30. The van der Waals surface area contributed by atoms with Crippen LogP contribution in [0, 0.1) is 5.92 Å². The second-order valence-electron chi connectivity index (χ2n) is 4.94. The molecule has 19 heavy (non-hydrogen) atoms. The number of hydrogen-bond acceptors (Lipinski definition) is 3. The summed E-state index contributed by atoms with van der Waals surface area (Å²) in [5.74, 6) is 1.06. The van der Waals surface area contributed by atoms with E-state index in [0.717, 1.165) is 12.1 Å². The van der Waals surface area contributed by atoms with Crippen molar-refractivity contribution in [2.45, 2.75) is 20.3 Å². The van der Waals surface area contributed by atoms with Crippen molar-refractivity contribution in [3.05, 3.63) is 41.9 Å². The van der Waals surface area contributed by atoms with Gasteiger partial charge in [0.25, 0.3) is 5.91 Å². The minimum absolute atomic E-state index is 0.174. The number of nitrogens with one attached hydrogen (secondary N) is 1. The standard InChI is InChI=1S/C14H18N4O/c1-10(2)7-12-8-13(18(3)17-12)16-14(19)11-5-4-6-15-9-11/h4-6,8-10H,7H2,1-3H3,(H,16,19). The Balaban J connectivity index is 2.11. The molecule has 0 unspecified atom stereocenters. The Morgan fingerprint density at radius 3 is 2.89 bits per heavy atom. The maximum atomic E-state index is 12.0. The minimum atomic E-state index is -0.174. The third kappa shape index (κ3) is 3.40. The fourth-order valence-corrected chi connectivity index (χ4v) is 1.85. The number of hydrogen-bond donors (Lipinski definition) is 1. The van der Waals surface area contributed by atoms with E-state index in [-0.39, 0.29) is 5.91 Å². The van der Waals surface area contributed by atoms with Gasteiger partial charge < -0.3 is 5.32 Å². The van der Waals surface area contributed by atoms with Crippen LogP contribution in [0.5, 0.6) is 0 Å². The number of carbonyl (C=O) groups is 1. The van der Waals surface area contributed by atoms with Crippen molar-refractivity contribution >= 4 is 11.7 Å². The summed E-state index contributed by atoms with van der Waals surface area (Å²) in [5, 5.41) is 7.23. The van der Waals surface area contributed by atoms with Crippen LogP contribution in [-0.4, -0.2) is 20.7 Å². The van der Waals surface area contributed by atoms with E-state index in [1.54, 1.807) is 29.2 Å². The Labute approximate surface area is 112 Å². The number of rotatable bonds is 4. The molecule has 1 N–H and O–H groups in total. The molecular weight excluding hydrogens is 240 g/mol. The quantitative estimate of drug-likeness (QED) is 0.915. The number of pyridine rings is 1. The van der Waals surface area contributed by atoms with Crippen molar-refractivity contribution in [3.8, 4) is 0 Å². The maximum absolute atomic E-state index is 12.0. The first kappa shape index (κ1) is 13.3. The van der Waals surface area contributed by atoms with Gasteiger partial charge in [-0.3, -0.25) is 14.5 Å². The molecule has 0 aliphatic rings. The molecule has 2 aromatic heterocycles. The summed E-state index contributed by atoms with van der Waals surface area (Å²) in [4.78, 5) is 15.9. The number of anilines is 1. The lowest BCUT2D eigenvalue weighted by molar-refractivity contribution is 0.102. The zero-order valence-corrected chi connectivity index (χ0v) is 11.4. The molecule has 5 nitrogen and oxygen atoms in total. The zero-order chi connectivity index (χ0) is 13.8. The molecule has 2 heterocycles. The van der Waals surface area contributed by atoms with Crippen molar-refractivity contribution in [1.82, 2.24) is 14.8 Å². The highest BCUT2D eigenvalue weighted by molar-refractivity contribution is 6.03. The van der Waals surface area contributed by atoms with E-state index in [1.165, 1.54) is 0 Å². The molecule has 0 aliphatic heterocycles. The summed E-state index contributed by atoms with van der Waals surface area (Å²) in [5.41, 5.74) is 1.52. The van der Waals surface area contributed by atoms with Gasteiger partial charge in [0.2, 0.25) is 0 Å². The van der Waals surface area contributed by atoms with Crippen molar-refractivity contribution in [3.63, 3.8) is 0 Å². The molecule has 0 saturated carbocycles. The van der Waals surface area contributed by atoms with E-state index >= 15 is 0 Å². The molecule has 0 aromatic carbocycles. The predicted octanol–water partition coefficient (Wildman–Crippen LogP) is 2.27. The maximum Gasteiger partial charge on any atom is 0.258 e. The van der Waals surface area contributed by atoms with Crippen LogP contribution in [0.4, 0.5) is 5.82 Å². The van der Waals surface area contributed by atoms with E-state index < -0.39 is 0 Å². The summed E-state index contributed by atoms with van der Waals surface area (Å²) >= 11 is 0. The summed E-state index contributed by atoms with van der Waals surface area (Å²) in [6, 6.07) is 5.38. The molecule has 2 rings (SSSR count). The van der Waals surface area contributed by atoms with E-state index in [1.807, 2.05) is 13.1 Å². The van der Waals surface area contributed by atoms with Crippen molar-refractivity contribution < 1.29 is 4.79 Å². The van der Waals surface area contributed by atoms with Crippen LogP contribution in [0.1, 0.15) is 29.9 Å². The van der Waals surface area contributed by atoms with Crippen LogP contribution in [0.15, 0.2) is 30.6 Å². The Bertz CT molecular complexity index is 560. The van der Waals surface area contributed by atoms with E-state index in [2.05, 4.69) is 29.2 Å². The van der Waals surface area contributed by atoms with Crippen LogP contribution in [0.2, 0.25) is 0 Å². The van der Waals surface area contributed by atoms with Gasteiger partial charge in [-0.15, -0.1) is 0 Å². The molecule has 0 bridgehead atoms. The van der Waals surface area contributed by atoms with Crippen molar-refractivity contribution in [2.24, 2.45) is 13.0 Å². The zero-order valence-electron chi connectivity index (χ0n) is 11.4. The molecule has 0 fully saturated rings. The van der Waals surface area contributed by atoms with E-state index in [4.69, 9.17) is 0 Å². The molecule has 2 aromatic rings. The van der Waals surface area contributed by atoms with Gasteiger partial charge in [0.05, 0.1) is 11.3 Å². The smallest absolute Gasteiger partial charge is 0.258 e. The fourth-order valence-electron chi connectivity index (χ4n) is 1.85. The minimum Gasteiger partial charge on any atom is -0.307 e. The monoisotopic (exact) mass is 258 g/mol. The molecule has 0 saturated heterocycles. The summed E-state index contributed by atoms with van der Waals surface area (Å²) < 4.78 is 1.69. The topological polar surface area (TPSA) is 59.8 Å². The number of amides is 1. The third-order valence-corrected chi connectivity index (χ3v) is 2.71. The highest BCUT2D eigenvalue weighted by atomic mass is 16.1. The predicted molar refractivity (Wildman–Crippen MR) is 73.9 cm³/mol. The molecule has 0 radical (unpaired) electrons. The first-order valence-electron chi connectivity index (χ1n) is 6.30. The van der Waals surface area contributed by atoms with Gasteiger partial charge in [-0.05, 0) is 24.5 Å². The molecular formula is C14H18N4O. The normalized spacial score (nSPS) is 10.7. The van der Waals surface area contributed by atoms with Gasteiger partial charge in [0, 0.05) is 25.5 Å². The molecule has 0 spiro atoms. The molecule has 0 atom stereocenters. The summed E-state index contributed by atoms with van der Waals surface area (Å²) in [6.45, 7) is 4.28. The Morgan fingerprint density at radius 2 is 2.26 bits per heavy atom. The highest BCUT2D eigenvalue weighted by Crippen LogP contribution is 2.13. The number of aryl methyl sites for hydroxylation is 1. The lowest BCUT2D eigenvalue weighted by Crippen LogP contribution is -2.14. The molecule has 1 amide bonds. The van der Waals surface area contributed by atoms with Crippen molar-refractivity contribution in [1.29, 1.82) is 0 Å². The Hall–Kier alpha value is -2.17. The van der Waals surface area contributed by atoms with Gasteiger partial charge in [-0.25, -0.2) is 0 Å². The lowest BCUT2D eigenvalue weighted by atomic mass is 10.1. The molecule has 100 valence electrons. The lowest BCUT2D eigenvalue weighted by Gasteiger charge is -2.04. The van der Waals surface area contributed by atoms with Crippen LogP contribution in [-0.2, 0) is 13.5 Å². The second kappa shape index (κ2) is 5.65. The Morgan fingerprint density at radius 1 is 1.47 bits per heavy atom. The van der Waals surface area contributed by atoms with Gasteiger partial charge in [0.1, 0.15) is 5.82 Å². The largest absolute Gasteiger partial charge is 0.307 e. The van der Waals surface area contributed by atoms with Crippen LogP contribution in [0.3, 0.4) is 0 Å². The van der Waals surface area contributed by atoms with Gasteiger partial charge >= 0.3 is 0 Å². The van der Waals surface area contributed by atoms with Crippen LogP contribution < -0.4 is 5.32 Å². The van der Waals surface area contributed by atoms with Gasteiger partial charge in [-0.2, -0.15) is 5.10 Å². The Kier molecular flexibility index (Phi) is 3.94. The number of carbonyl (C=O) groups excluding carboxylic acids is 1. The average molecular weight is 258 g/mol.